The molecular formula is C31H56N5O11PSi. The number of methoxy groups -OCH3 is 1. The van der Waals surface area contributed by atoms with E-state index in [0.717, 1.165) is 0 Å². The van der Waals surface area contributed by atoms with E-state index in [9.17, 15) is 14.2 Å². The summed E-state index contributed by atoms with van der Waals surface area (Å²) in [5.41, 5.74) is -1.60. The first-order chi connectivity index (χ1) is 22.5. The van der Waals surface area contributed by atoms with Gasteiger partial charge in [0.25, 0.3) is 0 Å². The number of aromatic nitrogens is 4. The Morgan fingerprint density at radius 1 is 0.939 bits per heavy atom. The molecule has 2 amide bonds. The zero-order chi connectivity index (χ0) is 37.4. The normalized spacial score (nSPS) is 13.7. The highest BCUT2D eigenvalue weighted by molar-refractivity contribution is 7.53. The van der Waals surface area contributed by atoms with Crippen LogP contribution in [0.1, 0.15) is 89.0 Å². The first kappa shape index (κ1) is 42.3. The van der Waals surface area contributed by atoms with Crippen molar-refractivity contribution in [2.24, 2.45) is 0 Å². The number of nitrogens with zero attached hydrogens (tertiary/aromatic N) is 5. The molecule has 0 aliphatic carbocycles. The molecule has 16 nitrogen and oxygen atoms in total. The van der Waals surface area contributed by atoms with E-state index in [1.165, 1.54) is 18.2 Å². The highest BCUT2D eigenvalue weighted by Crippen LogP contribution is 2.47. The van der Waals surface area contributed by atoms with E-state index >= 15 is 0 Å². The van der Waals surface area contributed by atoms with E-state index in [2.05, 4.69) is 48.8 Å². The van der Waals surface area contributed by atoms with Gasteiger partial charge in [0.2, 0.25) is 23.8 Å². The molecule has 0 bridgehead atoms. The number of amides is 2. The van der Waals surface area contributed by atoms with E-state index in [1.54, 1.807) is 55.4 Å². The highest BCUT2D eigenvalue weighted by atomic mass is 31.2. The molecule has 0 N–H and O–H groups in total. The lowest BCUT2D eigenvalue weighted by molar-refractivity contribution is -0.0975. The van der Waals surface area contributed by atoms with Gasteiger partial charge in [0.15, 0.2) is 13.8 Å². The number of rotatable bonds is 16. The number of imidazole rings is 1. The Morgan fingerprint density at radius 3 is 1.96 bits per heavy atom. The molecule has 0 saturated heterocycles. The van der Waals surface area contributed by atoms with Crippen molar-refractivity contribution in [2.75, 3.05) is 38.2 Å². The van der Waals surface area contributed by atoms with Gasteiger partial charge in [-0.05, 0) is 79.9 Å². The highest BCUT2D eigenvalue weighted by Gasteiger charge is 2.40. The lowest BCUT2D eigenvalue weighted by Crippen LogP contribution is -2.46. The Kier molecular flexibility index (Phi) is 14.6. The van der Waals surface area contributed by atoms with Gasteiger partial charge in [0.1, 0.15) is 23.9 Å². The molecule has 2 aromatic heterocycles. The minimum absolute atomic E-state index is 0.0252. The second kappa shape index (κ2) is 16.9. The van der Waals surface area contributed by atoms with Gasteiger partial charge in [-0.2, -0.15) is 9.97 Å². The molecule has 18 heteroatoms. The second-order valence-corrected chi connectivity index (χ2v) is 21.4. The molecule has 0 spiro atoms. The second-order valence-electron chi connectivity index (χ2n) is 14.6. The van der Waals surface area contributed by atoms with Crippen molar-refractivity contribution in [3.63, 3.8) is 0 Å². The predicted molar refractivity (Wildman–Crippen MR) is 186 cm³/mol. The summed E-state index contributed by atoms with van der Waals surface area (Å²) in [5.74, 6) is -0.399. The number of ether oxygens (including phenoxy) is 4. The van der Waals surface area contributed by atoms with Gasteiger partial charge in [0.05, 0.1) is 20.3 Å². The van der Waals surface area contributed by atoms with Crippen LogP contribution in [0.2, 0.25) is 18.1 Å². The van der Waals surface area contributed by atoms with E-state index in [-0.39, 0.29) is 54.2 Å². The minimum atomic E-state index is -3.36. The zero-order valence-corrected chi connectivity index (χ0v) is 33.5. The number of hydrogen-bond donors (Lipinski definition) is 0. The number of carbonyl (C=O) groups is 2. The Bertz CT molecular complexity index is 1410. The van der Waals surface area contributed by atoms with Gasteiger partial charge in [0, 0.05) is 13.0 Å². The summed E-state index contributed by atoms with van der Waals surface area (Å²) in [5, 5.41) is -0.149. The summed E-state index contributed by atoms with van der Waals surface area (Å²) < 4.78 is 53.5. The third-order valence-corrected chi connectivity index (χ3v) is 13.2. The predicted octanol–water partition coefficient (Wildman–Crippen LogP) is 7.31. The molecule has 2 rings (SSSR count). The number of anilines is 1. The van der Waals surface area contributed by atoms with Crippen LogP contribution in [-0.2, 0) is 32.2 Å². The van der Waals surface area contributed by atoms with Crippen LogP contribution in [0.3, 0.4) is 0 Å². The van der Waals surface area contributed by atoms with Crippen LogP contribution < -0.4 is 14.5 Å². The summed E-state index contributed by atoms with van der Waals surface area (Å²) in [6.07, 6.45) is -0.865. The van der Waals surface area contributed by atoms with Crippen molar-refractivity contribution in [1.29, 1.82) is 0 Å². The third-order valence-electron chi connectivity index (χ3n) is 6.96. The van der Waals surface area contributed by atoms with Crippen LogP contribution in [0.15, 0.2) is 6.33 Å². The monoisotopic (exact) mass is 733 g/mol. The van der Waals surface area contributed by atoms with Gasteiger partial charge < -0.3 is 37.3 Å². The van der Waals surface area contributed by atoms with Gasteiger partial charge in [-0.1, -0.05) is 20.8 Å². The summed E-state index contributed by atoms with van der Waals surface area (Å²) in [6, 6.07) is 0. The molecule has 0 aromatic carbocycles. The van der Waals surface area contributed by atoms with Crippen LogP contribution in [0.4, 0.5) is 15.5 Å². The topological polar surface area (TPSA) is 172 Å². The first-order valence-electron chi connectivity index (χ1n) is 16.3. The molecule has 49 heavy (non-hydrogen) atoms. The fourth-order valence-electron chi connectivity index (χ4n) is 3.81. The van der Waals surface area contributed by atoms with Gasteiger partial charge >= 0.3 is 19.8 Å². The average Bonchev–Trinajstić information content (AvgIpc) is 3.32. The number of carbonyl (C=O) groups excluding carboxylic acids is 2. The summed E-state index contributed by atoms with van der Waals surface area (Å²) in [4.78, 5) is 46.8. The Hall–Kier alpha value is -2.82. The van der Waals surface area contributed by atoms with Gasteiger partial charge in [-0.3, -0.25) is 4.57 Å². The minimum Gasteiger partial charge on any atom is -0.479 e. The quantitative estimate of drug-likeness (QED) is 0.0727. The number of imide groups is 1. The third kappa shape index (κ3) is 12.8. The van der Waals surface area contributed by atoms with Crippen LogP contribution in [0.5, 0.6) is 5.88 Å². The van der Waals surface area contributed by atoms with Crippen molar-refractivity contribution in [2.45, 2.75) is 125 Å². The van der Waals surface area contributed by atoms with Crippen molar-refractivity contribution in [3.8, 4) is 5.88 Å². The lowest BCUT2D eigenvalue weighted by Gasteiger charge is -2.38. The maximum absolute atomic E-state index is 13.3. The van der Waals surface area contributed by atoms with Crippen molar-refractivity contribution >= 4 is 45.2 Å². The first-order valence-corrected chi connectivity index (χ1v) is 21.0. The Balaban J connectivity index is 2.50. The largest absolute Gasteiger partial charge is 0.479 e. The van der Waals surface area contributed by atoms with Crippen LogP contribution in [0, 0.1) is 0 Å². The molecule has 0 aliphatic heterocycles. The summed E-state index contributed by atoms with van der Waals surface area (Å²) in [7, 11) is -4.37. The van der Waals surface area contributed by atoms with Gasteiger partial charge in [-0.15, -0.1) is 9.63 Å². The van der Waals surface area contributed by atoms with Crippen molar-refractivity contribution in [1.82, 2.24) is 19.7 Å². The molecule has 1 atom stereocenters. The lowest BCUT2D eigenvalue weighted by atomic mass is 10.2. The smallest absolute Gasteiger partial charge is 0.427 e. The van der Waals surface area contributed by atoms with Crippen LogP contribution >= 0.6 is 7.60 Å². The van der Waals surface area contributed by atoms with Gasteiger partial charge in [-0.25, -0.2) is 14.6 Å². The molecular weight excluding hydrogens is 677 g/mol. The molecule has 2 heterocycles. The van der Waals surface area contributed by atoms with E-state index in [4.69, 9.17) is 37.3 Å². The fraction of sp³-hybridized carbons (Fsp3) is 0.774. The number of fused-ring (bicyclic) bond motifs is 1. The van der Waals surface area contributed by atoms with Crippen LogP contribution in [0.25, 0.3) is 11.2 Å². The molecule has 0 fully saturated rings. The molecule has 2 aromatic rings. The molecule has 280 valence electrons. The molecule has 1 unspecified atom stereocenters. The molecule has 0 saturated carbocycles. The molecule has 0 aliphatic rings. The van der Waals surface area contributed by atoms with Crippen molar-refractivity contribution in [3.05, 3.63) is 6.33 Å². The van der Waals surface area contributed by atoms with E-state index in [0.29, 0.717) is 17.7 Å². The fourth-order valence-corrected chi connectivity index (χ4v) is 6.35. The molecule has 0 radical (unpaired) electrons. The van der Waals surface area contributed by atoms with Crippen molar-refractivity contribution < 1.29 is 51.4 Å². The SMILES string of the molecule is CCOP(=O)(COCCCC(On1cnc2c(OC)nc(N(C(=O)OC(C)(C)C)C(=O)OC(C)(C)C)nc21)O[Si](C)(C)C(C)(C)C)OCC. The number of hydrogen-bond acceptors (Lipinski definition) is 14. The average molecular weight is 734 g/mol. The Labute approximate surface area is 291 Å². The standard InChI is InChI=1S/C31H56N5O11PSi/c1-15-42-48(39,43-16-2)21-41-19-17-18-22(47-49(13,14)31(9,10)11)46-35-20-32-23-24(35)33-26(34-25(23)40-12)36(27(37)44-29(3,4)5)28(38)45-30(6,7)8/h20,22H,15-19,21H2,1-14H3. The summed E-state index contributed by atoms with van der Waals surface area (Å²) >= 11 is 0. The maximum Gasteiger partial charge on any atom is 0.427 e. The Morgan fingerprint density at radius 2 is 1.49 bits per heavy atom. The zero-order valence-electron chi connectivity index (χ0n) is 31.6. The maximum atomic E-state index is 13.3. The van der Waals surface area contributed by atoms with E-state index < -0.39 is 45.6 Å². The van der Waals surface area contributed by atoms with Crippen LogP contribution in [-0.4, -0.2) is 91.0 Å². The summed E-state index contributed by atoms with van der Waals surface area (Å²) in [6.45, 7) is 24.7. The van der Waals surface area contributed by atoms with E-state index in [1.807, 2.05) is 0 Å².